The second kappa shape index (κ2) is 6.11. The highest BCUT2D eigenvalue weighted by molar-refractivity contribution is 7.20. The van der Waals surface area contributed by atoms with Crippen LogP contribution in [0.4, 0.5) is 5.69 Å². The summed E-state index contributed by atoms with van der Waals surface area (Å²) in [6.45, 7) is 0. The molecule has 0 amide bonds. The number of carbonyl (C=O) groups excluding carboxylic acids is 1. The fraction of sp³-hybridized carbons (Fsp3) is 0. The molecule has 8 heteroatoms. The Morgan fingerprint density at radius 1 is 1.12 bits per heavy atom. The molecule has 0 aliphatic heterocycles. The Hall–Kier alpha value is -2.48. The van der Waals surface area contributed by atoms with Gasteiger partial charge in [0.1, 0.15) is 0 Å². The van der Waals surface area contributed by atoms with Gasteiger partial charge in [-0.25, -0.2) is 4.79 Å². The van der Waals surface area contributed by atoms with Crippen LogP contribution in [0.5, 0.6) is 5.06 Å². The van der Waals surface area contributed by atoms with Crippen molar-refractivity contribution in [2.75, 3.05) is 0 Å². The average Bonchev–Trinajstić information content (AvgIpc) is 3.16. The molecule has 2 heterocycles. The molecule has 0 bridgehead atoms. The molecule has 4 aromatic rings. The minimum atomic E-state index is -0.477. The van der Waals surface area contributed by atoms with Gasteiger partial charge in [0, 0.05) is 48.8 Å². The van der Waals surface area contributed by atoms with E-state index in [9.17, 15) is 14.9 Å². The number of ether oxygens (including phenoxy) is 1. The minimum Gasteiger partial charge on any atom is -0.412 e. The number of thiophene rings is 2. The van der Waals surface area contributed by atoms with Crippen LogP contribution in [0.3, 0.4) is 0 Å². The summed E-state index contributed by atoms with van der Waals surface area (Å²) in [4.78, 5) is 22.9. The zero-order valence-electron chi connectivity index (χ0n) is 12.4. The molecule has 0 aliphatic rings. The summed E-state index contributed by atoms with van der Waals surface area (Å²) in [7, 11) is 0. The van der Waals surface area contributed by atoms with Gasteiger partial charge in [0.2, 0.25) is 0 Å². The topological polar surface area (TPSA) is 69.4 Å². The molecule has 0 unspecified atom stereocenters. The standard InChI is InChI=1S/C17H8ClNO4S2/c18-10-1-3-15-12(7-10)13(8-24-15)17(20)23-16-6-9-5-11(19(21)22)2-4-14(9)25-16/h1-8H. The van der Waals surface area contributed by atoms with Crippen molar-refractivity contribution in [2.45, 2.75) is 0 Å². The number of hydrogen-bond donors (Lipinski definition) is 0. The largest absolute Gasteiger partial charge is 0.412 e. The van der Waals surface area contributed by atoms with Gasteiger partial charge >= 0.3 is 5.97 Å². The molecule has 0 saturated heterocycles. The highest BCUT2D eigenvalue weighted by Gasteiger charge is 2.17. The third kappa shape index (κ3) is 2.97. The summed E-state index contributed by atoms with van der Waals surface area (Å²) >= 11 is 8.71. The lowest BCUT2D eigenvalue weighted by Gasteiger charge is -2.00. The van der Waals surface area contributed by atoms with E-state index in [4.69, 9.17) is 16.3 Å². The van der Waals surface area contributed by atoms with Gasteiger partial charge in [0.25, 0.3) is 5.69 Å². The number of halogens is 1. The third-order valence-corrected chi connectivity index (χ3v) is 5.83. The second-order valence-corrected chi connectivity index (χ2v) is 7.62. The molecule has 0 atom stereocenters. The predicted molar refractivity (Wildman–Crippen MR) is 100 cm³/mol. The molecular weight excluding hydrogens is 382 g/mol. The second-order valence-electron chi connectivity index (χ2n) is 5.22. The summed E-state index contributed by atoms with van der Waals surface area (Å²) < 4.78 is 7.22. The maximum absolute atomic E-state index is 12.5. The van der Waals surface area contributed by atoms with E-state index in [0.29, 0.717) is 21.0 Å². The van der Waals surface area contributed by atoms with Crippen molar-refractivity contribution in [1.82, 2.24) is 0 Å². The first-order valence-corrected chi connectivity index (χ1v) is 9.15. The van der Waals surface area contributed by atoms with E-state index < -0.39 is 10.9 Å². The number of nitrogens with zero attached hydrogens (tertiary/aromatic N) is 1. The normalized spacial score (nSPS) is 11.1. The first-order chi connectivity index (χ1) is 12.0. The fourth-order valence-electron chi connectivity index (χ4n) is 2.48. The van der Waals surface area contributed by atoms with Crippen molar-refractivity contribution < 1.29 is 14.5 Å². The van der Waals surface area contributed by atoms with Crippen LogP contribution in [-0.4, -0.2) is 10.9 Å². The van der Waals surface area contributed by atoms with Crippen molar-refractivity contribution >= 4 is 66.1 Å². The van der Waals surface area contributed by atoms with E-state index in [2.05, 4.69) is 0 Å². The maximum Gasteiger partial charge on any atom is 0.345 e. The fourth-order valence-corrected chi connectivity index (χ4v) is 4.45. The molecule has 25 heavy (non-hydrogen) atoms. The van der Waals surface area contributed by atoms with Gasteiger partial charge in [-0.05, 0) is 24.3 Å². The highest BCUT2D eigenvalue weighted by Crippen LogP contribution is 2.35. The summed E-state index contributed by atoms with van der Waals surface area (Å²) in [5.74, 6) is -0.477. The van der Waals surface area contributed by atoms with Crippen molar-refractivity contribution in [3.8, 4) is 5.06 Å². The molecule has 5 nitrogen and oxygen atoms in total. The first kappa shape index (κ1) is 16.0. The number of nitro groups is 1. The molecule has 0 fully saturated rings. The van der Waals surface area contributed by atoms with Crippen LogP contribution in [0.2, 0.25) is 5.02 Å². The zero-order chi connectivity index (χ0) is 17.6. The Bertz CT molecular complexity index is 1150. The van der Waals surface area contributed by atoms with Crippen LogP contribution in [0.1, 0.15) is 10.4 Å². The predicted octanol–water partition coefficient (Wildman–Crippen LogP) is 5.90. The van der Waals surface area contributed by atoms with E-state index in [1.807, 2.05) is 6.07 Å². The van der Waals surface area contributed by atoms with E-state index >= 15 is 0 Å². The van der Waals surface area contributed by atoms with Gasteiger partial charge in [-0.3, -0.25) is 10.1 Å². The Balaban J connectivity index is 1.66. The lowest BCUT2D eigenvalue weighted by atomic mass is 10.2. The molecule has 0 saturated carbocycles. The highest BCUT2D eigenvalue weighted by atomic mass is 35.5. The van der Waals surface area contributed by atoms with Crippen molar-refractivity contribution in [3.05, 3.63) is 68.5 Å². The minimum absolute atomic E-state index is 0.00153. The molecule has 4 rings (SSSR count). The zero-order valence-corrected chi connectivity index (χ0v) is 14.8. The number of non-ortho nitro benzene ring substituents is 1. The monoisotopic (exact) mass is 389 g/mol. The quantitative estimate of drug-likeness (QED) is 0.248. The number of nitro benzene ring substituents is 1. The van der Waals surface area contributed by atoms with E-state index in [0.717, 1.165) is 14.8 Å². The van der Waals surface area contributed by atoms with Crippen molar-refractivity contribution in [1.29, 1.82) is 0 Å². The Kier molecular flexibility index (Phi) is 3.91. The Morgan fingerprint density at radius 3 is 2.72 bits per heavy atom. The summed E-state index contributed by atoms with van der Waals surface area (Å²) in [5, 5.41) is 14.9. The van der Waals surface area contributed by atoms with Crippen LogP contribution in [0.25, 0.3) is 20.2 Å². The van der Waals surface area contributed by atoms with Crippen LogP contribution in [0.15, 0.2) is 47.8 Å². The van der Waals surface area contributed by atoms with Crippen LogP contribution in [-0.2, 0) is 0 Å². The maximum atomic E-state index is 12.5. The molecule has 2 aromatic heterocycles. The number of hydrogen-bond acceptors (Lipinski definition) is 6. The Morgan fingerprint density at radius 2 is 1.92 bits per heavy atom. The van der Waals surface area contributed by atoms with Crippen molar-refractivity contribution in [2.24, 2.45) is 0 Å². The average molecular weight is 390 g/mol. The molecule has 2 aromatic carbocycles. The van der Waals surface area contributed by atoms with Gasteiger partial charge < -0.3 is 4.74 Å². The summed E-state index contributed by atoms with van der Waals surface area (Å²) in [6.07, 6.45) is 0. The van der Waals surface area contributed by atoms with Crippen LogP contribution in [0, 0.1) is 10.1 Å². The number of fused-ring (bicyclic) bond motifs is 2. The molecule has 0 aliphatic carbocycles. The van der Waals surface area contributed by atoms with E-state index in [1.165, 1.54) is 34.8 Å². The van der Waals surface area contributed by atoms with Crippen molar-refractivity contribution in [3.63, 3.8) is 0 Å². The van der Waals surface area contributed by atoms with Gasteiger partial charge in [0.15, 0.2) is 5.06 Å². The van der Waals surface area contributed by atoms with Gasteiger partial charge in [0.05, 0.1) is 10.5 Å². The third-order valence-electron chi connectivity index (χ3n) is 3.64. The van der Waals surface area contributed by atoms with Gasteiger partial charge in [-0.1, -0.05) is 22.9 Å². The molecule has 0 spiro atoms. The lowest BCUT2D eigenvalue weighted by Crippen LogP contribution is -2.06. The van der Waals surface area contributed by atoms with Gasteiger partial charge in [-0.2, -0.15) is 0 Å². The smallest absolute Gasteiger partial charge is 0.345 e. The molecular formula is C17H8ClNO4S2. The summed E-state index contributed by atoms with van der Waals surface area (Å²) in [5.41, 5.74) is 0.451. The Labute approximate surface area is 154 Å². The number of rotatable bonds is 3. The lowest BCUT2D eigenvalue weighted by molar-refractivity contribution is -0.384. The number of benzene rings is 2. The molecule has 0 N–H and O–H groups in total. The summed E-state index contributed by atoms with van der Waals surface area (Å²) in [6, 6.07) is 11.5. The van der Waals surface area contributed by atoms with Crippen LogP contribution < -0.4 is 4.74 Å². The molecule has 124 valence electrons. The van der Waals surface area contributed by atoms with Gasteiger partial charge in [-0.15, -0.1) is 11.3 Å². The first-order valence-electron chi connectivity index (χ1n) is 7.08. The molecule has 0 radical (unpaired) electrons. The number of carbonyl (C=O) groups is 1. The van der Waals surface area contributed by atoms with Crippen LogP contribution >= 0.6 is 34.3 Å². The van der Waals surface area contributed by atoms with E-state index in [1.54, 1.807) is 29.6 Å². The number of esters is 1. The SMILES string of the molecule is O=C(Oc1cc2cc([N+](=O)[O-])ccc2s1)c1csc2ccc(Cl)cc12. The van der Waals surface area contributed by atoms with E-state index in [-0.39, 0.29) is 5.69 Å².